The van der Waals surface area contributed by atoms with Gasteiger partial charge in [0.25, 0.3) is 0 Å². The van der Waals surface area contributed by atoms with Gasteiger partial charge < -0.3 is 9.64 Å². The first-order chi connectivity index (χ1) is 12.2. The van der Waals surface area contributed by atoms with Crippen LogP contribution in [0.2, 0.25) is 0 Å². The highest BCUT2D eigenvalue weighted by Gasteiger charge is 2.29. The van der Waals surface area contributed by atoms with Crippen molar-refractivity contribution in [3.8, 4) is 0 Å². The number of ether oxygens (including phenoxy) is 1. The lowest BCUT2D eigenvalue weighted by molar-refractivity contribution is 0.110. The fourth-order valence-electron chi connectivity index (χ4n) is 3.09. The van der Waals surface area contributed by atoms with Gasteiger partial charge in [0.15, 0.2) is 6.23 Å². The molecule has 3 aromatic rings. The molecule has 25 heavy (non-hydrogen) atoms. The molecule has 128 valence electrons. The van der Waals surface area contributed by atoms with E-state index in [1.807, 2.05) is 18.3 Å². The molecule has 6 heteroatoms. The first kappa shape index (κ1) is 15.8. The Hall–Kier alpha value is -2.73. The number of halogens is 1. The normalized spacial score (nSPS) is 17.2. The Morgan fingerprint density at radius 3 is 2.92 bits per heavy atom. The van der Waals surface area contributed by atoms with Gasteiger partial charge in [0, 0.05) is 17.8 Å². The first-order valence-corrected chi connectivity index (χ1v) is 8.29. The SMILES string of the molecule is Cc1cccc(N2CCO[C@@H]2c2cn(Cc3ccccc3F)nn2)c1. The second-order valence-electron chi connectivity index (χ2n) is 6.19. The number of aryl methyl sites for hydroxylation is 1. The zero-order chi connectivity index (χ0) is 17.2. The van der Waals surface area contributed by atoms with Gasteiger partial charge in [-0.3, -0.25) is 0 Å². The van der Waals surface area contributed by atoms with E-state index in [4.69, 9.17) is 4.74 Å². The van der Waals surface area contributed by atoms with Gasteiger partial charge in [-0.2, -0.15) is 0 Å². The molecule has 0 saturated carbocycles. The highest BCUT2D eigenvalue weighted by atomic mass is 19.1. The standard InChI is InChI=1S/C19H19FN4O/c1-14-5-4-7-16(11-14)24-9-10-25-19(24)18-13-23(22-21-18)12-15-6-2-3-8-17(15)20/h2-8,11,13,19H,9-10,12H2,1H3/t19-/m1/s1. The summed E-state index contributed by atoms with van der Waals surface area (Å²) in [6.07, 6.45) is 1.56. The minimum atomic E-state index is -0.267. The van der Waals surface area contributed by atoms with Crippen LogP contribution in [-0.4, -0.2) is 28.1 Å². The van der Waals surface area contributed by atoms with Crippen molar-refractivity contribution in [2.24, 2.45) is 0 Å². The summed E-state index contributed by atoms with van der Waals surface area (Å²) in [4.78, 5) is 2.17. The van der Waals surface area contributed by atoms with Gasteiger partial charge >= 0.3 is 0 Å². The molecule has 0 spiro atoms. The van der Waals surface area contributed by atoms with E-state index in [1.165, 1.54) is 11.6 Å². The predicted molar refractivity (Wildman–Crippen MR) is 92.7 cm³/mol. The van der Waals surface area contributed by atoms with E-state index >= 15 is 0 Å². The smallest absolute Gasteiger partial charge is 0.177 e. The number of benzene rings is 2. The maximum Gasteiger partial charge on any atom is 0.177 e. The van der Waals surface area contributed by atoms with Crippen LogP contribution in [0.3, 0.4) is 0 Å². The average Bonchev–Trinajstić information content (AvgIpc) is 3.26. The summed E-state index contributed by atoms with van der Waals surface area (Å²) in [5, 5.41) is 8.38. The molecule has 1 aromatic heterocycles. The molecule has 2 heterocycles. The van der Waals surface area contributed by atoms with Crippen molar-refractivity contribution in [3.05, 3.63) is 77.4 Å². The topological polar surface area (TPSA) is 43.2 Å². The molecule has 0 N–H and O–H groups in total. The van der Waals surface area contributed by atoms with E-state index in [0.717, 1.165) is 17.9 Å². The van der Waals surface area contributed by atoms with E-state index in [-0.39, 0.29) is 12.0 Å². The number of hydrogen-bond acceptors (Lipinski definition) is 4. The highest BCUT2D eigenvalue weighted by Crippen LogP contribution is 2.31. The second kappa shape index (κ2) is 6.64. The van der Waals surface area contributed by atoms with Gasteiger partial charge in [-0.05, 0) is 30.7 Å². The minimum Gasteiger partial charge on any atom is -0.350 e. The maximum atomic E-state index is 13.8. The molecule has 1 aliphatic heterocycles. The van der Waals surface area contributed by atoms with E-state index in [1.54, 1.807) is 16.8 Å². The van der Waals surface area contributed by atoms with Crippen molar-refractivity contribution in [2.75, 3.05) is 18.1 Å². The Morgan fingerprint density at radius 2 is 2.08 bits per heavy atom. The summed E-state index contributed by atoms with van der Waals surface area (Å²) in [6, 6.07) is 15.0. The largest absolute Gasteiger partial charge is 0.350 e. The van der Waals surface area contributed by atoms with Crippen LogP contribution in [0, 0.1) is 12.7 Å². The van der Waals surface area contributed by atoms with Gasteiger partial charge in [0.1, 0.15) is 11.5 Å². The van der Waals surface area contributed by atoms with Crippen LogP contribution in [0.1, 0.15) is 23.0 Å². The molecule has 0 radical (unpaired) electrons. The molecule has 1 fully saturated rings. The van der Waals surface area contributed by atoms with Crippen molar-refractivity contribution in [3.63, 3.8) is 0 Å². The lowest BCUT2D eigenvalue weighted by Crippen LogP contribution is -2.23. The van der Waals surface area contributed by atoms with Crippen LogP contribution < -0.4 is 4.90 Å². The molecule has 1 atom stereocenters. The van der Waals surface area contributed by atoms with E-state index in [9.17, 15) is 4.39 Å². The molecule has 0 amide bonds. The number of nitrogens with zero attached hydrogens (tertiary/aromatic N) is 4. The minimum absolute atomic E-state index is 0.238. The molecule has 1 saturated heterocycles. The summed E-state index contributed by atoms with van der Waals surface area (Å²) >= 11 is 0. The molecular weight excluding hydrogens is 319 g/mol. The fraction of sp³-hybridized carbons (Fsp3) is 0.263. The van der Waals surface area contributed by atoms with Gasteiger partial charge in [0.2, 0.25) is 0 Å². The van der Waals surface area contributed by atoms with Crippen LogP contribution in [0.15, 0.2) is 54.7 Å². The second-order valence-corrected chi connectivity index (χ2v) is 6.19. The van der Waals surface area contributed by atoms with E-state index < -0.39 is 0 Å². The Morgan fingerprint density at radius 1 is 1.20 bits per heavy atom. The predicted octanol–water partition coefficient (Wildman–Crippen LogP) is 3.31. The first-order valence-electron chi connectivity index (χ1n) is 8.29. The Labute approximate surface area is 145 Å². The average molecular weight is 338 g/mol. The summed E-state index contributed by atoms with van der Waals surface area (Å²) in [7, 11) is 0. The Kier molecular flexibility index (Phi) is 4.19. The van der Waals surface area contributed by atoms with Gasteiger partial charge in [-0.25, -0.2) is 9.07 Å². The number of rotatable bonds is 4. The van der Waals surface area contributed by atoms with Crippen LogP contribution in [0.25, 0.3) is 0 Å². The monoisotopic (exact) mass is 338 g/mol. The fourth-order valence-corrected chi connectivity index (χ4v) is 3.09. The zero-order valence-electron chi connectivity index (χ0n) is 14.0. The molecular formula is C19H19FN4O. The van der Waals surface area contributed by atoms with Crippen LogP contribution in [0.4, 0.5) is 10.1 Å². The van der Waals surface area contributed by atoms with Crippen LogP contribution in [-0.2, 0) is 11.3 Å². The van der Waals surface area contributed by atoms with Gasteiger partial charge in [0.05, 0.1) is 19.3 Å². The summed E-state index contributed by atoms with van der Waals surface area (Å²) < 4.78 is 21.3. The molecule has 5 nitrogen and oxygen atoms in total. The summed E-state index contributed by atoms with van der Waals surface area (Å²) in [5.41, 5.74) is 3.62. The summed E-state index contributed by atoms with van der Waals surface area (Å²) in [6.45, 7) is 3.85. The van der Waals surface area contributed by atoms with Crippen molar-refractivity contribution in [1.29, 1.82) is 0 Å². The number of hydrogen-bond donors (Lipinski definition) is 0. The Bertz CT molecular complexity index is 879. The van der Waals surface area contributed by atoms with E-state index in [2.05, 4.69) is 40.3 Å². The van der Waals surface area contributed by atoms with Crippen LogP contribution >= 0.6 is 0 Å². The molecule has 0 aliphatic carbocycles. The number of anilines is 1. The quantitative estimate of drug-likeness (QED) is 0.732. The molecule has 0 bridgehead atoms. The van der Waals surface area contributed by atoms with Crippen molar-refractivity contribution >= 4 is 5.69 Å². The third-order valence-corrected chi connectivity index (χ3v) is 4.32. The zero-order valence-corrected chi connectivity index (χ0v) is 14.0. The highest BCUT2D eigenvalue weighted by molar-refractivity contribution is 5.50. The summed E-state index contributed by atoms with van der Waals surface area (Å²) in [5.74, 6) is -0.238. The third-order valence-electron chi connectivity index (χ3n) is 4.32. The van der Waals surface area contributed by atoms with Crippen molar-refractivity contribution in [1.82, 2.24) is 15.0 Å². The van der Waals surface area contributed by atoms with Gasteiger partial charge in [-0.15, -0.1) is 5.10 Å². The van der Waals surface area contributed by atoms with Gasteiger partial charge in [-0.1, -0.05) is 35.5 Å². The number of aromatic nitrogens is 3. The van der Waals surface area contributed by atoms with E-state index in [0.29, 0.717) is 18.7 Å². The molecule has 2 aromatic carbocycles. The lowest BCUT2D eigenvalue weighted by atomic mass is 10.2. The molecule has 1 aliphatic rings. The maximum absolute atomic E-state index is 13.8. The van der Waals surface area contributed by atoms with Crippen molar-refractivity contribution < 1.29 is 9.13 Å². The Balaban J connectivity index is 1.56. The van der Waals surface area contributed by atoms with Crippen molar-refractivity contribution in [2.45, 2.75) is 19.7 Å². The molecule has 4 rings (SSSR count). The molecule has 0 unspecified atom stereocenters. The lowest BCUT2D eigenvalue weighted by Gasteiger charge is -2.23. The third kappa shape index (κ3) is 3.25. The van der Waals surface area contributed by atoms with Crippen LogP contribution in [0.5, 0.6) is 0 Å².